The molecule has 0 aromatic heterocycles. The molecule has 1 heterocycles. The van der Waals surface area contributed by atoms with Gasteiger partial charge in [-0.25, -0.2) is 4.79 Å². The largest absolute Gasteiger partial charge is 0.478 e. The Morgan fingerprint density at radius 3 is 2.00 bits per heavy atom. The van der Waals surface area contributed by atoms with E-state index in [0.29, 0.717) is 12.4 Å². The Labute approximate surface area is 82.1 Å². The summed E-state index contributed by atoms with van der Waals surface area (Å²) in [5.74, 6) is -0.879. The van der Waals surface area contributed by atoms with Gasteiger partial charge < -0.3 is 14.6 Å². The molecule has 0 radical (unpaired) electrons. The number of carboxylic acid groups (broad SMARTS) is 1. The van der Waals surface area contributed by atoms with E-state index in [9.17, 15) is 4.79 Å². The second kappa shape index (κ2) is 6.12. The van der Waals surface area contributed by atoms with E-state index in [0.717, 1.165) is 13.2 Å². The molecule has 1 aromatic rings. The van der Waals surface area contributed by atoms with Gasteiger partial charge in [0.25, 0.3) is 0 Å². The smallest absolute Gasteiger partial charge is 0.335 e. The minimum atomic E-state index is -0.879. The molecule has 0 aliphatic carbocycles. The summed E-state index contributed by atoms with van der Waals surface area (Å²) in [6.45, 7) is 2.06. The Balaban J connectivity index is 0.000000165. The lowest BCUT2D eigenvalue weighted by molar-refractivity contribution is 0.0689. The second-order valence-corrected chi connectivity index (χ2v) is 2.61. The molecule has 1 aliphatic heterocycles. The molecule has 1 saturated heterocycles. The first-order chi connectivity index (χ1) is 6.80. The van der Waals surface area contributed by atoms with E-state index in [4.69, 9.17) is 14.6 Å². The third-order valence-corrected chi connectivity index (χ3v) is 1.56. The SMILES string of the molecule is C1COCO1.O=C(O)c1ccccc1. The number of rotatable bonds is 1. The molecule has 1 aromatic carbocycles. The van der Waals surface area contributed by atoms with Gasteiger partial charge in [0.1, 0.15) is 6.79 Å². The van der Waals surface area contributed by atoms with E-state index in [1.54, 1.807) is 30.3 Å². The number of hydrogen-bond donors (Lipinski definition) is 1. The summed E-state index contributed by atoms with van der Waals surface area (Å²) in [6, 6.07) is 8.30. The molecule has 4 heteroatoms. The first-order valence-corrected chi connectivity index (χ1v) is 4.24. The van der Waals surface area contributed by atoms with Crippen LogP contribution in [0.1, 0.15) is 10.4 Å². The van der Waals surface area contributed by atoms with Crippen molar-refractivity contribution in [3.63, 3.8) is 0 Å². The number of benzene rings is 1. The average Bonchev–Trinajstić information content (AvgIpc) is 2.77. The van der Waals surface area contributed by atoms with Gasteiger partial charge in [-0.2, -0.15) is 0 Å². The first kappa shape index (κ1) is 10.7. The van der Waals surface area contributed by atoms with E-state index >= 15 is 0 Å². The summed E-state index contributed by atoms with van der Waals surface area (Å²) in [6.07, 6.45) is 0. The third-order valence-electron chi connectivity index (χ3n) is 1.56. The van der Waals surface area contributed by atoms with Gasteiger partial charge in [-0.15, -0.1) is 0 Å². The molecular formula is C10H12O4. The Morgan fingerprint density at radius 2 is 1.71 bits per heavy atom. The van der Waals surface area contributed by atoms with Gasteiger partial charge in [-0.3, -0.25) is 0 Å². The Bertz CT molecular complexity index is 259. The van der Waals surface area contributed by atoms with Crippen molar-refractivity contribution in [2.24, 2.45) is 0 Å². The van der Waals surface area contributed by atoms with Crippen LogP contribution in [0, 0.1) is 0 Å². The van der Waals surface area contributed by atoms with Crippen LogP contribution in [0.5, 0.6) is 0 Å². The molecule has 0 amide bonds. The van der Waals surface area contributed by atoms with Crippen molar-refractivity contribution < 1.29 is 19.4 Å². The summed E-state index contributed by atoms with van der Waals surface area (Å²) in [5.41, 5.74) is 0.331. The average molecular weight is 196 g/mol. The highest BCUT2D eigenvalue weighted by molar-refractivity contribution is 5.87. The molecule has 14 heavy (non-hydrogen) atoms. The van der Waals surface area contributed by atoms with Crippen molar-refractivity contribution in [2.45, 2.75) is 0 Å². The molecule has 4 nitrogen and oxygen atoms in total. The fourth-order valence-electron chi connectivity index (χ4n) is 0.875. The van der Waals surface area contributed by atoms with Crippen LogP contribution >= 0.6 is 0 Å². The fourth-order valence-corrected chi connectivity index (χ4v) is 0.875. The van der Waals surface area contributed by atoms with Gasteiger partial charge in [0, 0.05) is 0 Å². The van der Waals surface area contributed by atoms with Crippen LogP contribution in [0.25, 0.3) is 0 Å². The topological polar surface area (TPSA) is 55.8 Å². The Kier molecular flexibility index (Phi) is 4.68. The van der Waals surface area contributed by atoms with Crippen LogP contribution in [0.2, 0.25) is 0 Å². The molecule has 1 aliphatic rings. The molecule has 2 rings (SSSR count). The summed E-state index contributed by atoms with van der Waals surface area (Å²) in [7, 11) is 0. The zero-order chi connectivity index (χ0) is 10.2. The van der Waals surface area contributed by atoms with Gasteiger partial charge in [-0.1, -0.05) is 18.2 Å². The Morgan fingerprint density at radius 1 is 1.14 bits per heavy atom. The number of carboxylic acids is 1. The van der Waals surface area contributed by atoms with Gasteiger partial charge in [0.2, 0.25) is 0 Å². The molecule has 0 bridgehead atoms. The molecule has 1 fully saturated rings. The summed E-state index contributed by atoms with van der Waals surface area (Å²) >= 11 is 0. The number of aromatic carboxylic acids is 1. The highest BCUT2D eigenvalue weighted by Gasteiger charge is 1.96. The van der Waals surface area contributed by atoms with Crippen LogP contribution in [0.4, 0.5) is 0 Å². The maximum atomic E-state index is 10.2. The standard InChI is InChI=1S/C7H6O2.C3H6O2/c8-7(9)6-4-2-1-3-5-6;1-2-5-3-4-1/h1-5H,(H,8,9);1-3H2. The zero-order valence-corrected chi connectivity index (χ0v) is 7.68. The predicted octanol–water partition coefficient (Wildman–Crippen LogP) is 1.38. The van der Waals surface area contributed by atoms with Crippen molar-refractivity contribution in [1.82, 2.24) is 0 Å². The number of hydrogen-bond acceptors (Lipinski definition) is 3. The normalized spacial score (nSPS) is 14.3. The van der Waals surface area contributed by atoms with E-state index in [1.807, 2.05) is 0 Å². The summed E-state index contributed by atoms with van der Waals surface area (Å²) in [5, 5.41) is 8.38. The van der Waals surface area contributed by atoms with Gasteiger partial charge in [0.15, 0.2) is 0 Å². The van der Waals surface area contributed by atoms with E-state index in [2.05, 4.69) is 0 Å². The molecule has 0 spiro atoms. The lowest BCUT2D eigenvalue weighted by atomic mass is 10.2. The van der Waals surface area contributed by atoms with E-state index in [1.165, 1.54) is 0 Å². The van der Waals surface area contributed by atoms with Crippen LogP contribution < -0.4 is 0 Å². The first-order valence-electron chi connectivity index (χ1n) is 4.24. The van der Waals surface area contributed by atoms with Crippen LogP contribution in [0.15, 0.2) is 30.3 Å². The second-order valence-electron chi connectivity index (χ2n) is 2.61. The number of ether oxygens (including phenoxy) is 2. The van der Waals surface area contributed by atoms with Crippen LogP contribution in [-0.2, 0) is 9.47 Å². The predicted molar refractivity (Wildman–Crippen MR) is 50.2 cm³/mol. The number of carbonyl (C=O) groups is 1. The maximum absolute atomic E-state index is 10.2. The van der Waals surface area contributed by atoms with Crippen LogP contribution in [0.3, 0.4) is 0 Å². The fraction of sp³-hybridized carbons (Fsp3) is 0.300. The minimum Gasteiger partial charge on any atom is -0.478 e. The molecule has 76 valence electrons. The van der Waals surface area contributed by atoms with E-state index < -0.39 is 5.97 Å². The van der Waals surface area contributed by atoms with Gasteiger partial charge in [0.05, 0.1) is 18.8 Å². The monoisotopic (exact) mass is 196 g/mol. The summed E-state index contributed by atoms with van der Waals surface area (Å²) < 4.78 is 9.44. The van der Waals surface area contributed by atoms with Crippen LogP contribution in [-0.4, -0.2) is 31.1 Å². The molecular weight excluding hydrogens is 184 g/mol. The quantitative estimate of drug-likeness (QED) is 0.737. The zero-order valence-electron chi connectivity index (χ0n) is 7.68. The highest BCUT2D eigenvalue weighted by atomic mass is 16.7. The van der Waals surface area contributed by atoms with E-state index in [-0.39, 0.29) is 0 Å². The summed E-state index contributed by atoms with van der Waals surface area (Å²) in [4.78, 5) is 10.2. The van der Waals surface area contributed by atoms with Crippen molar-refractivity contribution >= 4 is 5.97 Å². The van der Waals surface area contributed by atoms with Gasteiger partial charge in [-0.05, 0) is 12.1 Å². The lowest BCUT2D eigenvalue weighted by Crippen LogP contribution is -1.93. The van der Waals surface area contributed by atoms with Crippen molar-refractivity contribution in [3.8, 4) is 0 Å². The maximum Gasteiger partial charge on any atom is 0.335 e. The lowest BCUT2D eigenvalue weighted by Gasteiger charge is -1.88. The van der Waals surface area contributed by atoms with Gasteiger partial charge >= 0.3 is 5.97 Å². The Hall–Kier alpha value is -1.39. The molecule has 0 saturated carbocycles. The molecule has 0 atom stereocenters. The van der Waals surface area contributed by atoms with Crippen molar-refractivity contribution in [3.05, 3.63) is 35.9 Å². The highest BCUT2D eigenvalue weighted by Crippen LogP contribution is 1.96. The third kappa shape index (κ3) is 4.02. The van der Waals surface area contributed by atoms with Crippen molar-refractivity contribution in [1.29, 1.82) is 0 Å². The van der Waals surface area contributed by atoms with Crippen molar-refractivity contribution in [2.75, 3.05) is 20.0 Å². The molecule has 0 unspecified atom stereocenters. The molecule has 1 N–H and O–H groups in total. The minimum absolute atomic E-state index is 0.331.